The molecule has 130 valence electrons. The van der Waals surface area contributed by atoms with Crippen LogP contribution in [0.5, 0.6) is 0 Å². The predicted octanol–water partition coefficient (Wildman–Crippen LogP) is 2.04. The number of carbonyl (C=O) groups excluding carboxylic acids is 1. The van der Waals surface area contributed by atoms with Gasteiger partial charge in [-0.05, 0) is 36.5 Å². The Bertz CT molecular complexity index is 608. The second-order valence-corrected chi connectivity index (χ2v) is 7.49. The van der Waals surface area contributed by atoms with Crippen LogP contribution in [0.4, 0.5) is 4.39 Å². The summed E-state index contributed by atoms with van der Waals surface area (Å²) in [6.07, 6.45) is 1.76. The van der Waals surface area contributed by atoms with Gasteiger partial charge in [0.05, 0.1) is 18.6 Å². The highest BCUT2D eigenvalue weighted by molar-refractivity contribution is 5.91. The second-order valence-electron chi connectivity index (χ2n) is 7.49. The first-order valence-corrected chi connectivity index (χ1v) is 8.97. The minimum atomic E-state index is -0.396. The molecule has 1 aromatic carbocycles. The average Bonchev–Trinajstić information content (AvgIpc) is 3.32. The lowest BCUT2D eigenvalue weighted by Gasteiger charge is -2.34. The van der Waals surface area contributed by atoms with Crippen LogP contribution >= 0.6 is 0 Å². The number of amides is 1. The first-order chi connectivity index (χ1) is 11.6. The van der Waals surface area contributed by atoms with E-state index in [2.05, 4.69) is 11.8 Å². The Balaban J connectivity index is 1.48. The molecule has 24 heavy (non-hydrogen) atoms. The van der Waals surface area contributed by atoms with Crippen LogP contribution in [-0.2, 0) is 14.9 Å². The molecule has 0 spiro atoms. The van der Waals surface area contributed by atoms with Crippen molar-refractivity contribution < 1.29 is 13.9 Å². The smallest absolute Gasteiger partial charge is 0.233 e. The Morgan fingerprint density at radius 3 is 2.46 bits per heavy atom. The van der Waals surface area contributed by atoms with Crippen LogP contribution in [0.25, 0.3) is 0 Å². The van der Waals surface area contributed by atoms with E-state index in [4.69, 9.17) is 4.74 Å². The number of nitrogens with zero attached hydrogens (tertiary/aromatic N) is 2. The molecule has 1 aliphatic carbocycles. The molecule has 0 unspecified atom stereocenters. The number of likely N-dealkylation sites (tertiary alicyclic amines) is 1. The van der Waals surface area contributed by atoms with E-state index in [0.29, 0.717) is 12.0 Å². The lowest BCUT2D eigenvalue weighted by molar-refractivity contribution is -0.133. The van der Waals surface area contributed by atoms with Gasteiger partial charge in [-0.2, -0.15) is 0 Å². The Labute approximate surface area is 142 Å². The topological polar surface area (TPSA) is 32.8 Å². The predicted molar refractivity (Wildman–Crippen MR) is 89.2 cm³/mol. The molecule has 2 heterocycles. The van der Waals surface area contributed by atoms with Gasteiger partial charge in [-0.15, -0.1) is 0 Å². The molecule has 1 amide bonds. The molecule has 2 saturated heterocycles. The van der Waals surface area contributed by atoms with Crippen molar-refractivity contribution in [3.8, 4) is 0 Å². The number of benzene rings is 1. The van der Waals surface area contributed by atoms with E-state index in [1.165, 1.54) is 12.1 Å². The third kappa shape index (κ3) is 2.74. The Morgan fingerprint density at radius 1 is 1.17 bits per heavy atom. The fraction of sp³-hybridized carbons (Fsp3) is 0.632. The maximum atomic E-state index is 13.2. The Hall–Kier alpha value is -1.46. The number of rotatable bonds is 3. The molecule has 3 fully saturated rings. The van der Waals surface area contributed by atoms with Gasteiger partial charge in [0.2, 0.25) is 5.91 Å². The zero-order chi connectivity index (χ0) is 16.7. The van der Waals surface area contributed by atoms with Gasteiger partial charge in [0.15, 0.2) is 0 Å². The van der Waals surface area contributed by atoms with E-state index < -0.39 is 5.41 Å². The summed E-state index contributed by atoms with van der Waals surface area (Å²) in [6, 6.07) is 6.91. The lowest BCUT2D eigenvalue weighted by atomic mass is 9.94. The summed E-state index contributed by atoms with van der Waals surface area (Å²) in [5.74, 6) is 0.469. The van der Waals surface area contributed by atoms with Crippen LogP contribution in [0.2, 0.25) is 0 Å². The van der Waals surface area contributed by atoms with Gasteiger partial charge in [-0.1, -0.05) is 19.1 Å². The highest BCUT2D eigenvalue weighted by Gasteiger charge is 2.54. The first kappa shape index (κ1) is 16.0. The summed E-state index contributed by atoms with van der Waals surface area (Å²) in [4.78, 5) is 17.7. The summed E-state index contributed by atoms with van der Waals surface area (Å²) in [5, 5.41) is 0. The van der Waals surface area contributed by atoms with Gasteiger partial charge >= 0.3 is 0 Å². The van der Waals surface area contributed by atoms with Crippen LogP contribution in [0.3, 0.4) is 0 Å². The van der Waals surface area contributed by atoms with E-state index in [0.717, 1.165) is 57.8 Å². The fourth-order valence-electron chi connectivity index (χ4n) is 4.32. The average molecular weight is 332 g/mol. The summed E-state index contributed by atoms with van der Waals surface area (Å²) in [5.41, 5.74) is 0.573. The van der Waals surface area contributed by atoms with Gasteiger partial charge in [0.1, 0.15) is 5.82 Å². The van der Waals surface area contributed by atoms with Gasteiger partial charge in [0.25, 0.3) is 0 Å². The van der Waals surface area contributed by atoms with Crippen molar-refractivity contribution in [3.05, 3.63) is 35.6 Å². The molecule has 0 bridgehead atoms. The quantitative estimate of drug-likeness (QED) is 0.849. The molecule has 0 radical (unpaired) electrons. The maximum Gasteiger partial charge on any atom is 0.233 e. The fourth-order valence-corrected chi connectivity index (χ4v) is 4.32. The van der Waals surface area contributed by atoms with Crippen LogP contribution in [-0.4, -0.2) is 61.1 Å². The third-order valence-electron chi connectivity index (χ3n) is 5.93. The summed E-state index contributed by atoms with van der Waals surface area (Å²) in [6.45, 7) is 7.37. The van der Waals surface area contributed by atoms with E-state index >= 15 is 0 Å². The lowest BCUT2D eigenvalue weighted by Crippen LogP contribution is -2.47. The molecular weight excluding hydrogens is 307 g/mol. The number of morpholine rings is 1. The largest absolute Gasteiger partial charge is 0.379 e. The molecule has 4 nitrogen and oxygen atoms in total. The molecule has 0 aromatic heterocycles. The number of ether oxygens (including phenoxy) is 1. The molecule has 0 N–H and O–H groups in total. The van der Waals surface area contributed by atoms with Crippen molar-refractivity contribution in [3.63, 3.8) is 0 Å². The minimum Gasteiger partial charge on any atom is -0.379 e. The molecule has 2 aliphatic heterocycles. The monoisotopic (exact) mass is 332 g/mol. The summed E-state index contributed by atoms with van der Waals surface area (Å²) < 4.78 is 18.6. The van der Waals surface area contributed by atoms with Crippen molar-refractivity contribution in [1.29, 1.82) is 0 Å². The summed E-state index contributed by atoms with van der Waals surface area (Å²) in [7, 11) is 0. The second kappa shape index (κ2) is 6.12. The molecule has 1 aromatic rings. The number of hydrogen-bond acceptors (Lipinski definition) is 3. The molecule has 2 atom stereocenters. The van der Waals surface area contributed by atoms with Gasteiger partial charge in [-0.25, -0.2) is 4.39 Å². The van der Waals surface area contributed by atoms with Gasteiger partial charge < -0.3 is 9.64 Å². The summed E-state index contributed by atoms with van der Waals surface area (Å²) >= 11 is 0. The standard InChI is InChI=1S/C19H25FN2O2/c1-14-12-22(13-17(14)21-8-10-24-11-9-21)18(23)19(6-7-19)15-2-4-16(20)5-3-15/h2-5,14,17H,6-13H2,1H3/t14-,17-/m1/s1. The number of carbonyl (C=O) groups is 1. The highest BCUT2D eigenvalue weighted by Crippen LogP contribution is 2.50. The van der Waals surface area contributed by atoms with Crippen molar-refractivity contribution >= 4 is 5.91 Å². The maximum absolute atomic E-state index is 13.2. The zero-order valence-electron chi connectivity index (χ0n) is 14.2. The van der Waals surface area contributed by atoms with Crippen molar-refractivity contribution in [2.45, 2.75) is 31.2 Å². The normalized spacial score (nSPS) is 29.7. The first-order valence-electron chi connectivity index (χ1n) is 8.97. The van der Waals surface area contributed by atoms with E-state index in [1.54, 1.807) is 12.1 Å². The number of halogens is 1. The zero-order valence-corrected chi connectivity index (χ0v) is 14.2. The van der Waals surface area contributed by atoms with Crippen molar-refractivity contribution in [1.82, 2.24) is 9.80 Å². The van der Waals surface area contributed by atoms with Gasteiger partial charge in [0, 0.05) is 32.2 Å². The highest BCUT2D eigenvalue weighted by atomic mass is 19.1. The SMILES string of the molecule is C[C@@H]1CN(C(=O)C2(c3ccc(F)cc3)CC2)C[C@H]1N1CCOCC1. The third-order valence-corrected chi connectivity index (χ3v) is 5.93. The molecule has 4 rings (SSSR count). The van der Waals surface area contributed by atoms with Crippen LogP contribution in [0, 0.1) is 11.7 Å². The van der Waals surface area contributed by atoms with Crippen LogP contribution in [0.1, 0.15) is 25.3 Å². The van der Waals surface area contributed by atoms with Gasteiger partial charge in [-0.3, -0.25) is 9.69 Å². The number of hydrogen-bond donors (Lipinski definition) is 0. The molecule has 5 heteroatoms. The minimum absolute atomic E-state index is 0.233. The van der Waals surface area contributed by atoms with Crippen LogP contribution < -0.4 is 0 Å². The van der Waals surface area contributed by atoms with E-state index in [-0.39, 0.29) is 11.7 Å². The molecule has 1 saturated carbocycles. The molecular formula is C19H25FN2O2. The van der Waals surface area contributed by atoms with Crippen molar-refractivity contribution in [2.75, 3.05) is 39.4 Å². The van der Waals surface area contributed by atoms with E-state index in [9.17, 15) is 9.18 Å². The Morgan fingerprint density at radius 2 is 1.83 bits per heavy atom. The molecule has 3 aliphatic rings. The van der Waals surface area contributed by atoms with E-state index in [1.807, 2.05) is 4.90 Å². The Kier molecular flexibility index (Phi) is 4.09. The van der Waals surface area contributed by atoms with Crippen molar-refractivity contribution in [2.24, 2.45) is 5.92 Å². The van der Waals surface area contributed by atoms with Crippen LogP contribution in [0.15, 0.2) is 24.3 Å².